The van der Waals surface area contributed by atoms with Crippen LogP contribution in [0.25, 0.3) is 0 Å². The maximum Gasteiger partial charge on any atom is 0.156 e. The number of halogens is 2. The van der Waals surface area contributed by atoms with E-state index in [-0.39, 0.29) is 11.7 Å². The van der Waals surface area contributed by atoms with Crippen LogP contribution in [-0.2, 0) is 4.74 Å². The van der Waals surface area contributed by atoms with E-state index in [1.807, 2.05) is 6.07 Å². The Morgan fingerprint density at radius 1 is 1.42 bits per heavy atom. The first-order chi connectivity index (χ1) is 9.08. The summed E-state index contributed by atoms with van der Waals surface area (Å²) in [6, 6.07) is 3.53. The Labute approximate surface area is 126 Å². The largest absolute Gasteiger partial charge is 0.487 e. The zero-order valence-electron chi connectivity index (χ0n) is 10.6. The molecule has 1 saturated heterocycles. The van der Waals surface area contributed by atoms with Crippen LogP contribution >= 0.6 is 27.5 Å². The van der Waals surface area contributed by atoms with Crippen molar-refractivity contribution in [3.63, 3.8) is 0 Å². The second kappa shape index (κ2) is 5.15. The van der Waals surface area contributed by atoms with Crippen LogP contribution in [0.5, 0.6) is 5.75 Å². The van der Waals surface area contributed by atoms with Crippen molar-refractivity contribution >= 4 is 33.2 Å². The first-order valence-electron chi connectivity index (χ1n) is 6.63. The van der Waals surface area contributed by atoms with Gasteiger partial charge in [0.05, 0.1) is 22.4 Å². The van der Waals surface area contributed by atoms with Crippen LogP contribution in [0.1, 0.15) is 32.1 Å². The van der Waals surface area contributed by atoms with E-state index in [1.165, 1.54) is 6.42 Å². The van der Waals surface area contributed by atoms with Crippen LogP contribution in [0, 0.1) is 0 Å². The highest BCUT2D eigenvalue weighted by Crippen LogP contribution is 2.44. The van der Waals surface area contributed by atoms with Crippen LogP contribution < -0.4 is 10.5 Å². The molecule has 1 aromatic carbocycles. The summed E-state index contributed by atoms with van der Waals surface area (Å²) in [4.78, 5) is 0. The predicted molar refractivity (Wildman–Crippen MR) is 79.7 cm³/mol. The molecular weight excluding hydrogens is 330 g/mol. The highest BCUT2D eigenvalue weighted by Gasteiger charge is 2.43. The number of hydrogen-bond donors (Lipinski definition) is 1. The van der Waals surface area contributed by atoms with E-state index < -0.39 is 0 Å². The fourth-order valence-corrected chi connectivity index (χ4v) is 3.80. The van der Waals surface area contributed by atoms with Gasteiger partial charge < -0.3 is 15.2 Å². The second-order valence-corrected chi connectivity index (χ2v) is 6.71. The molecule has 3 rings (SSSR count). The molecule has 1 aliphatic carbocycles. The topological polar surface area (TPSA) is 44.5 Å². The van der Waals surface area contributed by atoms with Crippen molar-refractivity contribution in [1.29, 1.82) is 0 Å². The minimum absolute atomic E-state index is 0.0799. The van der Waals surface area contributed by atoms with Gasteiger partial charge in [-0.2, -0.15) is 0 Å². The lowest BCUT2D eigenvalue weighted by Gasteiger charge is -2.47. The molecule has 2 fully saturated rings. The average molecular weight is 347 g/mol. The molecule has 5 heteroatoms. The van der Waals surface area contributed by atoms with Gasteiger partial charge in [0.2, 0.25) is 0 Å². The van der Waals surface area contributed by atoms with Crippen LogP contribution in [0.3, 0.4) is 0 Å². The van der Waals surface area contributed by atoms with Gasteiger partial charge in [0.25, 0.3) is 0 Å². The molecule has 104 valence electrons. The second-order valence-electron chi connectivity index (χ2n) is 5.42. The van der Waals surface area contributed by atoms with Crippen molar-refractivity contribution in [2.45, 2.75) is 43.8 Å². The van der Waals surface area contributed by atoms with E-state index >= 15 is 0 Å². The quantitative estimate of drug-likeness (QED) is 0.818. The number of rotatable bonds is 2. The van der Waals surface area contributed by atoms with Gasteiger partial charge in [-0.1, -0.05) is 11.6 Å². The minimum atomic E-state index is 0.0799. The highest BCUT2D eigenvalue weighted by molar-refractivity contribution is 9.10. The number of anilines is 1. The molecule has 1 aliphatic heterocycles. The number of hydrogen-bond acceptors (Lipinski definition) is 3. The lowest BCUT2D eigenvalue weighted by molar-refractivity contribution is -0.153. The van der Waals surface area contributed by atoms with Gasteiger partial charge >= 0.3 is 0 Å². The molecule has 19 heavy (non-hydrogen) atoms. The van der Waals surface area contributed by atoms with Gasteiger partial charge in [0.1, 0.15) is 6.10 Å². The molecule has 1 aromatic rings. The molecular formula is C14H17BrClNO2. The van der Waals surface area contributed by atoms with Gasteiger partial charge in [-0.05, 0) is 47.3 Å². The summed E-state index contributed by atoms with van der Waals surface area (Å²) in [5.41, 5.74) is 6.64. The predicted octanol–water partition coefficient (Wildman–Crippen LogP) is 4.17. The summed E-state index contributed by atoms with van der Waals surface area (Å²) in [5.74, 6) is 0.700. The number of nitrogen functional groups attached to an aromatic ring is 1. The van der Waals surface area contributed by atoms with Crippen molar-refractivity contribution in [2.75, 3.05) is 12.3 Å². The van der Waals surface area contributed by atoms with Crippen LogP contribution in [0.15, 0.2) is 16.6 Å². The van der Waals surface area contributed by atoms with Gasteiger partial charge in [-0.15, -0.1) is 0 Å². The van der Waals surface area contributed by atoms with E-state index in [4.69, 9.17) is 26.8 Å². The SMILES string of the molecule is Nc1cc(Cl)cc(Br)c1OC1CCOC2(CCC2)C1. The van der Waals surface area contributed by atoms with E-state index in [1.54, 1.807) is 6.07 Å². The molecule has 0 bridgehead atoms. The Morgan fingerprint density at radius 3 is 2.84 bits per heavy atom. The molecule has 2 N–H and O–H groups in total. The van der Waals surface area contributed by atoms with Crippen molar-refractivity contribution in [3.8, 4) is 5.75 Å². The van der Waals surface area contributed by atoms with Gasteiger partial charge in [0.15, 0.2) is 5.75 Å². The maximum absolute atomic E-state index is 6.09. The van der Waals surface area contributed by atoms with E-state index in [2.05, 4.69) is 15.9 Å². The number of benzene rings is 1. The Morgan fingerprint density at radius 2 is 2.21 bits per heavy atom. The maximum atomic E-state index is 6.09. The summed E-state index contributed by atoms with van der Waals surface area (Å²) in [6.07, 6.45) is 5.62. The molecule has 3 nitrogen and oxygen atoms in total. The van der Waals surface area contributed by atoms with E-state index in [9.17, 15) is 0 Å². The summed E-state index contributed by atoms with van der Waals surface area (Å²) in [6.45, 7) is 0.774. The molecule has 1 spiro atoms. The standard InChI is InChI=1S/C14H17BrClNO2/c15-11-6-9(16)7-12(17)13(11)19-10-2-5-18-14(8-10)3-1-4-14/h6-7,10H,1-5,8,17H2. The van der Waals surface area contributed by atoms with Crippen LogP contribution in [0.2, 0.25) is 5.02 Å². The molecule has 2 aliphatic rings. The molecule has 1 atom stereocenters. The molecule has 1 saturated carbocycles. The summed E-state index contributed by atoms with van der Waals surface area (Å²) in [7, 11) is 0. The van der Waals surface area contributed by atoms with Crippen molar-refractivity contribution in [1.82, 2.24) is 0 Å². The van der Waals surface area contributed by atoms with E-state index in [0.717, 1.165) is 36.8 Å². The monoisotopic (exact) mass is 345 g/mol. The molecule has 1 heterocycles. The van der Waals surface area contributed by atoms with Crippen LogP contribution in [0.4, 0.5) is 5.69 Å². The lowest BCUT2D eigenvalue weighted by Crippen LogP contribution is -2.48. The normalized spacial score (nSPS) is 25.1. The van der Waals surface area contributed by atoms with Crippen molar-refractivity contribution < 1.29 is 9.47 Å². The van der Waals surface area contributed by atoms with Crippen molar-refractivity contribution in [2.24, 2.45) is 0 Å². The first-order valence-corrected chi connectivity index (χ1v) is 7.80. The zero-order chi connectivity index (χ0) is 13.5. The molecule has 0 amide bonds. The highest BCUT2D eigenvalue weighted by atomic mass is 79.9. The average Bonchev–Trinajstić information content (AvgIpc) is 2.32. The fourth-order valence-electron chi connectivity index (χ4n) is 2.87. The summed E-state index contributed by atoms with van der Waals surface area (Å²) >= 11 is 9.42. The Hall–Kier alpha value is -0.450. The lowest BCUT2D eigenvalue weighted by atomic mass is 9.74. The molecule has 1 unspecified atom stereocenters. The third-order valence-electron chi connectivity index (χ3n) is 4.03. The minimum Gasteiger partial charge on any atom is -0.487 e. The van der Waals surface area contributed by atoms with Crippen molar-refractivity contribution in [3.05, 3.63) is 21.6 Å². The fraction of sp³-hybridized carbons (Fsp3) is 0.571. The Bertz CT molecular complexity index is 467. The number of nitrogens with two attached hydrogens (primary N) is 1. The third kappa shape index (κ3) is 2.71. The summed E-state index contributed by atoms with van der Waals surface area (Å²) in [5, 5.41) is 0.610. The molecule has 0 aromatic heterocycles. The van der Waals surface area contributed by atoms with Gasteiger partial charge in [0, 0.05) is 17.9 Å². The first kappa shape index (κ1) is 13.5. The third-order valence-corrected chi connectivity index (χ3v) is 4.84. The van der Waals surface area contributed by atoms with Gasteiger partial charge in [-0.3, -0.25) is 0 Å². The Balaban J connectivity index is 1.74. The molecule has 0 radical (unpaired) electrons. The summed E-state index contributed by atoms with van der Waals surface area (Å²) < 4.78 is 12.8. The Kier molecular flexibility index (Phi) is 3.67. The van der Waals surface area contributed by atoms with E-state index in [0.29, 0.717) is 16.5 Å². The smallest absolute Gasteiger partial charge is 0.156 e. The van der Waals surface area contributed by atoms with Crippen LogP contribution in [-0.4, -0.2) is 18.3 Å². The number of ether oxygens (including phenoxy) is 2. The zero-order valence-corrected chi connectivity index (χ0v) is 13.0. The van der Waals surface area contributed by atoms with Gasteiger partial charge in [-0.25, -0.2) is 0 Å².